The number of halogens is 2. The average Bonchev–Trinajstić information content (AvgIpc) is 3.00. The highest BCUT2D eigenvalue weighted by Gasteiger charge is 2.47. The van der Waals surface area contributed by atoms with E-state index >= 15 is 4.39 Å². The van der Waals surface area contributed by atoms with Gasteiger partial charge < -0.3 is 9.84 Å². The second-order valence-corrected chi connectivity index (χ2v) is 8.04. The fourth-order valence-electron chi connectivity index (χ4n) is 3.91. The quantitative estimate of drug-likeness (QED) is 0.241. The molecule has 0 aromatic rings. The van der Waals surface area contributed by atoms with Crippen LogP contribution < -0.4 is 0 Å². The maximum absolute atomic E-state index is 15.4. The molecule has 0 radical (unpaired) electrons. The van der Waals surface area contributed by atoms with E-state index < -0.39 is 29.8 Å². The summed E-state index contributed by atoms with van der Waals surface area (Å²) in [6, 6.07) is 0. The van der Waals surface area contributed by atoms with Crippen molar-refractivity contribution in [2.45, 2.75) is 88.9 Å². The fraction of sp³-hybridized carbons (Fsp3) is 0.739. The van der Waals surface area contributed by atoms with Gasteiger partial charge in [-0.25, -0.2) is 13.6 Å². The molecule has 6 heteroatoms. The number of carbonyl (C=O) groups is 2. The molecule has 3 atom stereocenters. The summed E-state index contributed by atoms with van der Waals surface area (Å²) < 4.78 is 34.2. The van der Waals surface area contributed by atoms with Crippen LogP contribution in [0.3, 0.4) is 0 Å². The molecule has 1 fully saturated rings. The highest BCUT2D eigenvalue weighted by atomic mass is 19.1. The number of rotatable bonds is 14. The molecule has 0 spiro atoms. The largest absolute Gasteiger partial charge is 0.466 e. The van der Waals surface area contributed by atoms with Gasteiger partial charge in [0.05, 0.1) is 19.6 Å². The number of allylic oxidation sites excluding steroid dienone is 2. The molecule has 1 aliphatic carbocycles. The number of esters is 1. The zero-order valence-corrected chi connectivity index (χ0v) is 17.9. The van der Waals surface area contributed by atoms with E-state index in [1.54, 1.807) is 12.2 Å². The fourth-order valence-corrected chi connectivity index (χ4v) is 3.91. The zero-order chi connectivity index (χ0) is 21.9. The van der Waals surface area contributed by atoms with E-state index in [9.17, 15) is 19.1 Å². The molecule has 0 saturated heterocycles. The first-order chi connectivity index (χ1) is 13.7. The monoisotopic (exact) mass is 414 g/mol. The molecule has 0 heterocycles. The summed E-state index contributed by atoms with van der Waals surface area (Å²) in [6.45, 7) is 4.62. The summed E-state index contributed by atoms with van der Waals surface area (Å²) >= 11 is 0. The van der Waals surface area contributed by atoms with Crippen LogP contribution in [-0.2, 0) is 14.3 Å². The van der Waals surface area contributed by atoms with E-state index in [4.69, 9.17) is 0 Å². The molecule has 166 valence electrons. The number of Topliss-reactive ketones (excluding diaryl/α,β-unsaturated/α-hetero) is 1. The highest BCUT2D eigenvalue weighted by Crippen LogP contribution is 2.42. The van der Waals surface area contributed by atoms with Crippen LogP contribution in [-0.4, -0.2) is 41.9 Å². The van der Waals surface area contributed by atoms with Crippen LogP contribution >= 0.6 is 0 Å². The molecule has 1 saturated carbocycles. The molecule has 4 nitrogen and oxygen atoms in total. The summed E-state index contributed by atoms with van der Waals surface area (Å²) in [4.78, 5) is 23.7. The van der Waals surface area contributed by atoms with Crippen molar-refractivity contribution in [2.24, 2.45) is 5.92 Å². The lowest BCUT2D eigenvalue weighted by atomic mass is 9.84. The Hall–Kier alpha value is -1.56. The molecule has 0 aromatic heterocycles. The van der Waals surface area contributed by atoms with Crippen LogP contribution in [0.2, 0.25) is 0 Å². The molecule has 1 rings (SSSR count). The van der Waals surface area contributed by atoms with Crippen molar-refractivity contribution >= 4 is 11.8 Å². The van der Waals surface area contributed by atoms with Gasteiger partial charge in [-0.3, -0.25) is 4.79 Å². The first-order valence-electron chi connectivity index (χ1n) is 10.7. The maximum atomic E-state index is 15.4. The first kappa shape index (κ1) is 25.5. The van der Waals surface area contributed by atoms with Crippen molar-refractivity contribution in [2.75, 3.05) is 13.7 Å². The number of unbranched alkanes of at least 4 members (excludes halogenated alkanes) is 5. The van der Waals surface area contributed by atoms with Gasteiger partial charge in [-0.1, -0.05) is 64.2 Å². The third kappa shape index (κ3) is 7.02. The number of aliphatic hydroxyl groups excluding tert-OH is 1. The Labute approximate surface area is 173 Å². The lowest BCUT2D eigenvalue weighted by Crippen LogP contribution is -2.40. The molecule has 1 unspecified atom stereocenters. The van der Waals surface area contributed by atoms with E-state index in [2.05, 4.69) is 18.2 Å². The van der Waals surface area contributed by atoms with Gasteiger partial charge in [-0.15, -0.1) is 0 Å². The van der Waals surface area contributed by atoms with Gasteiger partial charge in [-0.05, 0) is 31.3 Å². The SMILES string of the molecule is C=C(CC=CC[C@H]1C(=O)CC[C@]1(F)CCCCCCCC)C(F)(CO)C(=O)OC. The summed E-state index contributed by atoms with van der Waals surface area (Å²) in [5.41, 5.74) is -4.27. The van der Waals surface area contributed by atoms with Gasteiger partial charge in [0.2, 0.25) is 0 Å². The van der Waals surface area contributed by atoms with Crippen molar-refractivity contribution in [1.82, 2.24) is 0 Å². The maximum Gasteiger partial charge on any atom is 0.350 e. The Balaban J connectivity index is 2.55. The molecule has 1 aliphatic rings. The van der Waals surface area contributed by atoms with Crippen LogP contribution in [0, 0.1) is 5.92 Å². The summed E-state index contributed by atoms with van der Waals surface area (Å²) in [7, 11) is 1.03. The molecule has 0 bridgehead atoms. The number of hydrogen-bond donors (Lipinski definition) is 1. The van der Waals surface area contributed by atoms with Crippen molar-refractivity contribution in [1.29, 1.82) is 0 Å². The molecule has 1 N–H and O–H groups in total. The lowest BCUT2D eigenvalue weighted by Gasteiger charge is -2.25. The normalized spacial score (nSPS) is 24.0. The minimum atomic E-state index is -2.66. The number of alkyl halides is 2. The number of ketones is 1. The van der Waals surface area contributed by atoms with Crippen LogP contribution in [0.15, 0.2) is 24.3 Å². The van der Waals surface area contributed by atoms with Gasteiger partial charge in [0.25, 0.3) is 5.67 Å². The second-order valence-electron chi connectivity index (χ2n) is 8.04. The predicted molar refractivity (Wildman–Crippen MR) is 110 cm³/mol. The molecular weight excluding hydrogens is 378 g/mol. The second kappa shape index (κ2) is 12.2. The predicted octanol–water partition coefficient (Wildman–Crippen LogP) is 5.19. The van der Waals surface area contributed by atoms with Crippen molar-refractivity contribution < 1.29 is 28.2 Å². The Morgan fingerprint density at radius 1 is 1.31 bits per heavy atom. The standard InChI is InChI=1S/C23H36F2O4/c1-4-5-6-7-8-11-15-22(24)16-14-20(27)19(22)13-10-9-12-18(2)23(25,17-26)21(28)29-3/h9-10,19,26H,2,4-8,11-17H2,1,3H3/t19-,22+,23?/m0/s1. The van der Waals surface area contributed by atoms with Crippen molar-refractivity contribution in [3.8, 4) is 0 Å². The molecule has 0 amide bonds. The number of methoxy groups -OCH3 is 1. The number of carbonyl (C=O) groups excluding carboxylic acids is 2. The molecule has 29 heavy (non-hydrogen) atoms. The van der Waals surface area contributed by atoms with Gasteiger partial charge >= 0.3 is 5.97 Å². The van der Waals surface area contributed by atoms with Gasteiger partial charge in [0, 0.05) is 6.42 Å². The molecular formula is C23H36F2O4. The summed E-state index contributed by atoms with van der Waals surface area (Å²) in [5, 5.41) is 9.19. The van der Waals surface area contributed by atoms with E-state index in [0.717, 1.165) is 26.4 Å². The number of hydrogen-bond acceptors (Lipinski definition) is 4. The van der Waals surface area contributed by atoms with Gasteiger partial charge in [0.1, 0.15) is 11.5 Å². The first-order valence-corrected chi connectivity index (χ1v) is 10.7. The molecule has 0 aromatic carbocycles. The Kier molecular flexibility index (Phi) is 10.7. The van der Waals surface area contributed by atoms with E-state index in [-0.39, 0.29) is 37.0 Å². The van der Waals surface area contributed by atoms with Crippen LogP contribution in [0.4, 0.5) is 8.78 Å². The topological polar surface area (TPSA) is 63.6 Å². The van der Waals surface area contributed by atoms with E-state index in [1.807, 2.05) is 0 Å². The highest BCUT2D eigenvalue weighted by molar-refractivity contribution is 5.85. The number of ether oxygens (including phenoxy) is 1. The lowest BCUT2D eigenvalue weighted by molar-refractivity contribution is -0.154. The van der Waals surface area contributed by atoms with Crippen LogP contribution in [0.1, 0.15) is 77.6 Å². The van der Waals surface area contributed by atoms with Crippen molar-refractivity contribution in [3.63, 3.8) is 0 Å². The average molecular weight is 415 g/mol. The van der Waals surface area contributed by atoms with Gasteiger partial charge in [-0.2, -0.15) is 0 Å². The van der Waals surface area contributed by atoms with Crippen LogP contribution in [0.5, 0.6) is 0 Å². The Morgan fingerprint density at radius 2 is 1.97 bits per heavy atom. The van der Waals surface area contributed by atoms with Crippen LogP contribution in [0.25, 0.3) is 0 Å². The summed E-state index contributed by atoms with van der Waals surface area (Å²) in [5.74, 6) is -1.94. The number of aliphatic hydroxyl groups is 1. The molecule has 0 aliphatic heterocycles. The minimum absolute atomic E-state index is 0.0101. The van der Waals surface area contributed by atoms with E-state index in [0.29, 0.717) is 6.42 Å². The third-order valence-corrected chi connectivity index (χ3v) is 5.94. The Morgan fingerprint density at radius 3 is 2.59 bits per heavy atom. The van der Waals surface area contributed by atoms with Gasteiger partial charge in [0.15, 0.2) is 0 Å². The minimum Gasteiger partial charge on any atom is -0.466 e. The third-order valence-electron chi connectivity index (χ3n) is 5.94. The Bertz CT molecular complexity index is 589. The van der Waals surface area contributed by atoms with E-state index in [1.165, 1.54) is 19.3 Å². The summed E-state index contributed by atoms with van der Waals surface area (Å²) in [6.07, 6.45) is 10.8. The van der Waals surface area contributed by atoms with Crippen molar-refractivity contribution in [3.05, 3.63) is 24.3 Å². The smallest absolute Gasteiger partial charge is 0.350 e. The zero-order valence-electron chi connectivity index (χ0n) is 17.9.